The van der Waals surface area contributed by atoms with E-state index in [1.165, 1.54) is 6.42 Å². The topological polar surface area (TPSA) is 58.5 Å². The van der Waals surface area contributed by atoms with Crippen LogP contribution in [0.25, 0.3) is 0 Å². The molecular formula is C16H30N3O2PS. The van der Waals surface area contributed by atoms with Crippen molar-refractivity contribution in [2.24, 2.45) is 0 Å². The highest BCUT2D eigenvalue weighted by Gasteiger charge is 2.25. The average Bonchev–Trinajstić information content (AvgIpc) is 2.57. The third-order valence-corrected chi connectivity index (χ3v) is 4.46. The normalized spacial score (nSPS) is 21.1. The number of aryl methyl sites for hydroxylation is 1. The molecule has 0 aromatic carbocycles. The van der Waals surface area contributed by atoms with E-state index in [1.54, 1.807) is 0 Å². The highest BCUT2D eigenvalue weighted by Crippen LogP contribution is 2.29. The quantitative estimate of drug-likeness (QED) is 0.600. The summed E-state index contributed by atoms with van der Waals surface area (Å²) in [5.41, 5.74) is 0. The molecule has 1 unspecified atom stereocenters. The molecule has 1 fully saturated rings. The van der Waals surface area contributed by atoms with Crippen molar-refractivity contribution in [3.05, 3.63) is 18.1 Å². The first-order valence-electron chi connectivity index (χ1n) is 8.36. The number of rotatable bonds is 6. The number of aromatic nitrogens is 2. The fraction of sp³-hybridized carbons (Fsp3) is 0.750. The number of hydrogen-bond acceptors (Lipinski definition) is 6. The minimum atomic E-state index is -0.395. The van der Waals surface area contributed by atoms with Crippen LogP contribution < -0.4 is 4.90 Å². The first-order valence-corrected chi connectivity index (χ1v) is 9.85. The first-order chi connectivity index (χ1) is 11.2. The zero-order chi connectivity index (χ0) is 17.1. The van der Waals surface area contributed by atoms with E-state index >= 15 is 0 Å². The molecule has 0 aliphatic heterocycles. The van der Waals surface area contributed by atoms with Crippen molar-refractivity contribution in [1.82, 2.24) is 9.97 Å². The molecule has 1 atom stereocenters. The minimum absolute atomic E-state index is 0.216. The lowest BCUT2D eigenvalue weighted by Gasteiger charge is -2.34. The van der Waals surface area contributed by atoms with Crippen LogP contribution >= 0.6 is 21.7 Å². The molecular weight excluding hydrogens is 329 g/mol. The summed E-state index contributed by atoms with van der Waals surface area (Å²) in [6.45, 7) is 4.25. The molecule has 1 N–H and O–H groups in total. The summed E-state index contributed by atoms with van der Waals surface area (Å²) in [5.74, 6) is 2.59. The summed E-state index contributed by atoms with van der Waals surface area (Å²) in [5, 5.41) is 0. The molecule has 1 aromatic heterocycles. The van der Waals surface area contributed by atoms with Crippen molar-refractivity contribution in [3.8, 4) is 0 Å². The number of anilines is 1. The van der Waals surface area contributed by atoms with Gasteiger partial charge in [0.1, 0.15) is 11.6 Å². The molecule has 0 radical (unpaired) electrons. The molecule has 7 heteroatoms. The lowest BCUT2D eigenvalue weighted by molar-refractivity contribution is 0.155. The van der Waals surface area contributed by atoms with Gasteiger partial charge in [-0.3, -0.25) is 0 Å². The van der Waals surface area contributed by atoms with Gasteiger partial charge in [-0.1, -0.05) is 20.3 Å². The lowest BCUT2D eigenvalue weighted by atomic mass is 9.92. The third-order valence-electron chi connectivity index (χ3n) is 3.80. The third kappa shape index (κ3) is 7.34. The monoisotopic (exact) mass is 359 g/mol. The maximum Gasteiger partial charge on any atom is 0.152 e. The van der Waals surface area contributed by atoms with Gasteiger partial charge in [0.15, 0.2) is 9.03 Å². The van der Waals surface area contributed by atoms with Gasteiger partial charge in [-0.05, 0) is 37.5 Å². The van der Waals surface area contributed by atoms with E-state index in [9.17, 15) is 0 Å². The molecule has 1 aromatic rings. The Morgan fingerprint density at radius 1 is 1.35 bits per heavy atom. The van der Waals surface area contributed by atoms with Gasteiger partial charge in [0, 0.05) is 25.7 Å². The van der Waals surface area contributed by atoms with E-state index < -0.39 is 9.03 Å². The minimum Gasteiger partial charge on any atom is -0.357 e. The Hall–Kier alpha value is -0.420. The second-order valence-corrected chi connectivity index (χ2v) is 6.63. The summed E-state index contributed by atoms with van der Waals surface area (Å²) >= 11 is 4.22. The SMILES string of the molecule is CCC.CN(c1ccnc(CCS)n1)C1CCC(OPO)CC1. The molecule has 23 heavy (non-hydrogen) atoms. The Labute approximate surface area is 147 Å². The Balaban J connectivity index is 0.000000816. The highest BCUT2D eigenvalue weighted by molar-refractivity contribution is 7.80. The Kier molecular flexibility index (Phi) is 10.8. The molecule has 132 valence electrons. The maximum absolute atomic E-state index is 8.82. The van der Waals surface area contributed by atoms with Crippen molar-refractivity contribution in [3.63, 3.8) is 0 Å². The van der Waals surface area contributed by atoms with E-state index in [0.717, 1.165) is 49.5 Å². The number of thiol groups is 1. The predicted molar refractivity (Wildman–Crippen MR) is 102 cm³/mol. The predicted octanol–water partition coefficient (Wildman–Crippen LogP) is 3.63. The molecule has 2 rings (SSSR count). The first kappa shape index (κ1) is 20.6. The molecule has 1 saturated carbocycles. The molecule has 1 aliphatic carbocycles. The van der Waals surface area contributed by atoms with Crippen LogP contribution in [0.2, 0.25) is 0 Å². The van der Waals surface area contributed by atoms with Gasteiger partial charge < -0.3 is 14.3 Å². The van der Waals surface area contributed by atoms with E-state index in [4.69, 9.17) is 9.42 Å². The molecule has 0 saturated heterocycles. The van der Waals surface area contributed by atoms with Crippen LogP contribution in [0.1, 0.15) is 51.8 Å². The van der Waals surface area contributed by atoms with Crippen molar-refractivity contribution >= 4 is 27.5 Å². The van der Waals surface area contributed by atoms with Crippen molar-refractivity contribution < 1.29 is 9.42 Å². The van der Waals surface area contributed by atoms with E-state index in [-0.39, 0.29) is 6.10 Å². The zero-order valence-corrected chi connectivity index (χ0v) is 16.3. The van der Waals surface area contributed by atoms with Crippen molar-refractivity contribution in [1.29, 1.82) is 0 Å². The van der Waals surface area contributed by atoms with Gasteiger partial charge in [-0.25, -0.2) is 9.97 Å². The summed E-state index contributed by atoms with van der Waals surface area (Å²) in [7, 11) is 1.69. The highest BCUT2D eigenvalue weighted by atomic mass is 32.1. The molecule has 1 aliphatic rings. The molecule has 0 spiro atoms. The molecule has 0 bridgehead atoms. The fourth-order valence-corrected chi connectivity index (χ4v) is 3.20. The Morgan fingerprint density at radius 2 is 2.00 bits per heavy atom. The van der Waals surface area contributed by atoms with Gasteiger partial charge in [0.05, 0.1) is 6.10 Å². The summed E-state index contributed by atoms with van der Waals surface area (Å²) in [6.07, 6.45) is 8.21. The zero-order valence-electron chi connectivity index (χ0n) is 14.4. The van der Waals surface area contributed by atoms with Crippen LogP contribution in [0.15, 0.2) is 12.3 Å². The van der Waals surface area contributed by atoms with Gasteiger partial charge in [0.25, 0.3) is 0 Å². The Bertz CT molecular complexity index is 432. The lowest BCUT2D eigenvalue weighted by Crippen LogP contribution is -2.37. The second-order valence-electron chi connectivity index (χ2n) is 5.76. The Morgan fingerprint density at radius 3 is 2.57 bits per heavy atom. The van der Waals surface area contributed by atoms with E-state index in [0.29, 0.717) is 6.04 Å². The van der Waals surface area contributed by atoms with E-state index in [1.807, 2.05) is 12.3 Å². The van der Waals surface area contributed by atoms with E-state index in [2.05, 4.69) is 48.4 Å². The second kappa shape index (κ2) is 12.0. The molecule has 0 amide bonds. The van der Waals surface area contributed by atoms with Crippen molar-refractivity contribution in [2.45, 2.75) is 64.5 Å². The smallest absolute Gasteiger partial charge is 0.152 e. The molecule has 5 nitrogen and oxygen atoms in total. The van der Waals surface area contributed by atoms with Crippen LogP contribution in [0, 0.1) is 0 Å². The number of nitrogens with zero attached hydrogens (tertiary/aromatic N) is 3. The standard InChI is InChI=1S/C13H22N3O2PS.C3H8/c1-16(10-2-4-11(5-3-10)18-19-17)13-6-8-14-12(15-13)7-9-20;1-3-2/h6,8,10-11,17,19-20H,2-5,7,9H2,1H3;3H2,1-2H3. The van der Waals surface area contributed by atoms with Gasteiger partial charge in [0.2, 0.25) is 0 Å². The van der Waals surface area contributed by atoms with Crippen LogP contribution in [0.5, 0.6) is 0 Å². The maximum atomic E-state index is 8.82. The van der Waals surface area contributed by atoms with Crippen LogP contribution in [0.3, 0.4) is 0 Å². The summed E-state index contributed by atoms with van der Waals surface area (Å²) < 4.78 is 5.30. The number of hydrogen-bond donors (Lipinski definition) is 2. The molecule has 1 heterocycles. The summed E-state index contributed by atoms with van der Waals surface area (Å²) in [6, 6.07) is 2.44. The van der Waals surface area contributed by atoms with Gasteiger partial charge in [-0.15, -0.1) is 0 Å². The van der Waals surface area contributed by atoms with Gasteiger partial charge >= 0.3 is 0 Å². The van der Waals surface area contributed by atoms with Crippen LogP contribution in [-0.4, -0.2) is 39.8 Å². The van der Waals surface area contributed by atoms with Crippen molar-refractivity contribution in [2.75, 3.05) is 17.7 Å². The average molecular weight is 359 g/mol. The largest absolute Gasteiger partial charge is 0.357 e. The van der Waals surface area contributed by atoms with Crippen LogP contribution in [0.4, 0.5) is 5.82 Å². The van der Waals surface area contributed by atoms with Crippen LogP contribution in [-0.2, 0) is 10.9 Å². The fourth-order valence-electron chi connectivity index (χ4n) is 2.62. The van der Waals surface area contributed by atoms with Gasteiger partial charge in [-0.2, -0.15) is 12.6 Å². The summed E-state index contributed by atoms with van der Waals surface area (Å²) in [4.78, 5) is 19.9.